The van der Waals surface area contributed by atoms with Gasteiger partial charge in [0, 0.05) is 11.7 Å². The third kappa shape index (κ3) is 10.0. The molecule has 3 rings (SSSR count). The van der Waals surface area contributed by atoms with Crippen molar-refractivity contribution < 1.29 is 31.0 Å². The first-order chi connectivity index (χ1) is 14.7. The summed E-state index contributed by atoms with van der Waals surface area (Å²) in [5, 5.41) is 37.3. The highest BCUT2D eigenvalue weighted by atomic mass is 16.4. The average molecular weight is 426 g/mol. The smallest absolute Gasteiger partial charge is 0.140 e. The number of hydrogen-bond acceptors (Lipinski definition) is 5. The molecule has 31 heavy (non-hydrogen) atoms. The quantitative estimate of drug-likeness (QED) is 0.493. The summed E-state index contributed by atoms with van der Waals surface area (Å²) in [4.78, 5) is 10.1. The summed E-state index contributed by atoms with van der Waals surface area (Å²) in [6, 6.07) is 27.5. The number of quaternary nitrogens is 1. The highest BCUT2D eigenvalue weighted by Crippen LogP contribution is 2.24. The van der Waals surface area contributed by atoms with Crippen LogP contribution in [0.4, 0.5) is 0 Å². The number of carboxylic acid groups (broad SMARTS) is 1. The predicted octanol–water partition coefficient (Wildman–Crippen LogP) is 1.56. The van der Waals surface area contributed by atoms with Gasteiger partial charge < -0.3 is 31.0 Å². The maximum atomic E-state index is 10.2. The zero-order chi connectivity index (χ0) is 23.2. The molecule has 166 valence electrons. The van der Waals surface area contributed by atoms with Gasteiger partial charge in [-0.2, -0.15) is 0 Å². The monoisotopic (exact) mass is 425 g/mol. The third-order valence-electron chi connectivity index (χ3n) is 4.09. The number of hydrogen-bond donors (Lipinski definition) is 4. The van der Waals surface area contributed by atoms with Crippen LogP contribution >= 0.6 is 0 Å². The van der Waals surface area contributed by atoms with E-state index in [-0.39, 0.29) is 12.1 Å². The Morgan fingerprint density at radius 1 is 0.710 bits per heavy atom. The maximum Gasteiger partial charge on any atom is 0.140 e. The lowest BCUT2D eigenvalue weighted by molar-refractivity contribution is -0.446. The van der Waals surface area contributed by atoms with Crippen LogP contribution < -0.4 is 10.8 Å². The van der Waals surface area contributed by atoms with Gasteiger partial charge in [-0.25, -0.2) is 0 Å². The van der Waals surface area contributed by atoms with Crippen LogP contribution in [0.25, 0.3) is 0 Å². The van der Waals surface area contributed by atoms with Gasteiger partial charge in [0.15, 0.2) is 0 Å². The molecule has 3 aromatic rings. The van der Waals surface area contributed by atoms with E-state index in [9.17, 15) is 15.0 Å². The second-order valence-corrected chi connectivity index (χ2v) is 7.10. The molecule has 3 aromatic carbocycles. The van der Waals surface area contributed by atoms with Crippen LogP contribution in [0.2, 0.25) is 0 Å². The lowest BCUT2D eigenvalue weighted by Crippen LogP contribution is -2.56. The fraction of sp³-hybridized carbons (Fsp3) is 0.240. The number of carbonyl (C=O) groups is 1. The molecule has 3 atom stereocenters. The minimum atomic E-state index is -1.52. The molecular formula is C25H31NO5. The van der Waals surface area contributed by atoms with Gasteiger partial charge in [-0.3, -0.25) is 0 Å². The Morgan fingerprint density at radius 2 is 1.03 bits per heavy atom. The first-order valence-corrected chi connectivity index (χ1v) is 9.97. The minimum Gasteiger partial charge on any atom is -0.547 e. The topological polar surface area (TPSA) is 128 Å². The van der Waals surface area contributed by atoms with Gasteiger partial charge in [-0.1, -0.05) is 91.0 Å². The van der Waals surface area contributed by atoms with E-state index in [4.69, 9.17) is 10.2 Å². The number of aliphatic carboxylic acids is 1. The number of rotatable bonds is 5. The number of carboxylic acids is 1. The Bertz CT molecular complexity index is 811. The summed E-state index contributed by atoms with van der Waals surface area (Å²) >= 11 is 0. The summed E-state index contributed by atoms with van der Waals surface area (Å²) in [5.74, 6) is -1.48. The van der Waals surface area contributed by atoms with E-state index >= 15 is 0 Å². The van der Waals surface area contributed by atoms with E-state index in [1.54, 1.807) is 32.0 Å². The van der Waals surface area contributed by atoms with Crippen LogP contribution in [-0.2, 0) is 4.79 Å². The van der Waals surface area contributed by atoms with Gasteiger partial charge in [0.1, 0.15) is 18.2 Å². The fourth-order valence-corrected chi connectivity index (χ4v) is 2.54. The zero-order valence-corrected chi connectivity index (χ0v) is 17.8. The Morgan fingerprint density at radius 3 is 1.39 bits per heavy atom. The van der Waals surface area contributed by atoms with Crippen LogP contribution in [0.3, 0.4) is 0 Å². The molecule has 0 saturated carbocycles. The van der Waals surface area contributed by atoms with Crippen molar-refractivity contribution in [1.29, 1.82) is 0 Å². The first-order valence-electron chi connectivity index (χ1n) is 9.97. The summed E-state index contributed by atoms with van der Waals surface area (Å²) in [5.41, 5.74) is 6.34. The van der Waals surface area contributed by atoms with Gasteiger partial charge in [0.05, 0.1) is 5.97 Å². The van der Waals surface area contributed by atoms with Crippen LogP contribution in [0.1, 0.15) is 48.8 Å². The Labute approximate surface area is 183 Å². The molecule has 0 aliphatic rings. The molecule has 0 bridgehead atoms. The molecule has 0 radical (unpaired) electrons. The van der Waals surface area contributed by atoms with E-state index in [0.717, 1.165) is 11.1 Å². The zero-order valence-electron chi connectivity index (χ0n) is 17.8. The average Bonchev–Trinajstić information content (AvgIpc) is 2.79. The predicted molar refractivity (Wildman–Crippen MR) is 117 cm³/mol. The molecule has 0 amide bonds. The lowest BCUT2D eigenvalue weighted by Gasteiger charge is -2.16. The summed E-state index contributed by atoms with van der Waals surface area (Å²) in [7, 11) is 0. The highest BCUT2D eigenvalue weighted by Gasteiger charge is 2.21. The van der Waals surface area contributed by atoms with Gasteiger partial charge in [0.2, 0.25) is 0 Å². The number of carbonyl (C=O) groups excluding carboxylic acids is 1. The summed E-state index contributed by atoms with van der Waals surface area (Å²) in [6.45, 7) is 3.44. The van der Waals surface area contributed by atoms with Crippen molar-refractivity contribution in [1.82, 2.24) is 0 Å². The van der Waals surface area contributed by atoms with Crippen LogP contribution in [0.5, 0.6) is 0 Å². The van der Waals surface area contributed by atoms with E-state index in [0.29, 0.717) is 5.56 Å². The van der Waals surface area contributed by atoms with E-state index in [1.165, 1.54) is 12.1 Å². The summed E-state index contributed by atoms with van der Waals surface area (Å²) in [6.07, 6.45) is -2.24. The standard InChI is InChI=1S/C14H15NO.C8H8O3.C3H8O/c15-13(11-7-3-1-4-8-11)14(16)12-9-5-2-6-10-12;9-7(8(10)11)6-4-2-1-3-5-6;1-3(2)4/h1-10,13-14,16H,15H2;1-5,7,9H,(H,10,11);3-4H,1-2H3/t13-,14+;7-;/m01./s1. The molecule has 0 unspecified atom stereocenters. The number of aliphatic hydroxyl groups is 3. The molecule has 0 aliphatic heterocycles. The molecule has 0 aromatic heterocycles. The first kappa shape index (κ1) is 26.0. The van der Waals surface area contributed by atoms with Crippen molar-refractivity contribution in [3.8, 4) is 0 Å². The second-order valence-electron chi connectivity index (χ2n) is 7.10. The van der Waals surface area contributed by atoms with E-state index in [1.807, 2.05) is 60.7 Å². The highest BCUT2D eigenvalue weighted by molar-refractivity contribution is 5.71. The molecule has 0 saturated heterocycles. The summed E-state index contributed by atoms with van der Waals surface area (Å²) < 4.78 is 0. The molecule has 6 nitrogen and oxygen atoms in total. The van der Waals surface area contributed by atoms with E-state index < -0.39 is 18.2 Å². The van der Waals surface area contributed by atoms with Crippen molar-refractivity contribution in [2.75, 3.05) is 0 Å². The van der Waals surface area contributed by atoms with Crippen LogP contribution in [0, 0.1) is 0 Å². The van der Waals surface area contributed by atoms with Crippen molar-refractivity contribution in [3.63, 3.8) is 0 Å². The van der Waals surface area contributed by atoms with Crippen molar-refractivity contribution >= 4 is 5.97 Å². The van der Waals surface area contributed by atoms with Gasteiger partial charge in [-0.05, 0) is 25.0 Å². The largest absolute Gasteiger partial charge is 0.547 e. The van der Waals surface area contributed by atoms with E-state index in [2.05, 4.69) is 5.73 Å². The molecule has 0 aliphatic carbocycles. The SMILES string of the molecule is CC(C)O.O=C([O-])[C@H](O)c1ccccc1.[NH3+][C@@H](c1ccccc1)[C@H](O)c1ccccc1. The normalized spacial score (nSPS) is 13.0. The van der Waals surface area contributed by atoms with Crippen LogP contribution in [-0.4, -0.2) is 27.4 Å². The maximum absolute atomic E-state index is 10.2. The lowest BCUT2D eigenvalue weighted by atomic mass is 9.97. The second kappa shape index (κ2) is 14.1. The molecule has 0 fully saturated rings. The van der Waals surface area contributed by atoms with Crippen molar-refractivity contribution in [2.45, 2.75) is 38.2 Å². The molecule has 0 heterocycles. The van der Waals surface area contributed by atoms with Crippen LogP contribution in [0.15, 0.2) is 91.0 Å². The third-order valence-corrected chi connectivity index (χ3v) is 4.09. The molecular weight excluding hydrogens is 394 g/mol. The fourth-order valence-electron chi connectivity index (χ4n) is 2.54. The Balaban J connectivity index is 0.000000278. The van der Waals surface area contributed by atoms with Gasteiger partial charge in [-0.15, -0.1) is 0 Å². The Hall–Kier alpha value is -3.03. The Kier molecular flexibility index (Phi) is 11.8. The van der Waals surface area contributed by atoms with Crippen molar-refractivity contribution in [2.24, 2.45) is 0 Å². The molecule has 0 spiro atoms. The number of aliphatic hydroxyl groups excluding tert-OH is 3. The van der Waals surface area contributed by atoms with Crippen molar-refractivity contribution in [3.05, 3.63) is 108 Å². The van der Waals surface area contributed by atoms with Gasteiger partial charge >= 0.3 is 0 Å². The number of benzene rings is 3. The molecule has 6 N–H and O–H groups in total. The minimum absolute atomic E-state index is 0.136. The molecule has 6 heteroatoms. The van der Waals surface area contributed by atoms with Gasteiger partial charge in [0.25, 0.3) is 0 Å².